The average Bonchev–Trinajstić information content (AvgIpc) is 3.34. The summed E-state index contributed by atoms with van der Waals surface area (Å²) >= 11 is 0. The molecule has 8 heteroatoms. The Balaban J connectivity index is 1.48. The first-order valence-corrected chi connectivity index (χ1v) is 11.8. The molecule has 3 aromatic rings. The second-order valence-electron chi connectivity index (χ2n) is 8.61. The predicted molar refractivity (Wildman–Crippen MR) is 139 cm³/mol. The number of nitrogens with two attached hydrogens (primary N) is 1. The van der Waals surface area contributed by atoms with E-state index in [1.165, 1.54) is 0 Å². The van der Waals surface area contributed by atoms with Crippen LogP contribution in [0, 0.1) is 5.92 Å². The molecule has 0 saturated carbocycles. The second-order valence-corrected chi connectivity index (χ2v) is 8.61. The van der Waals surface area contributed by atoms with Crippen LogP contribution < -0.4 is 19.9 Å². The van der Waals surface area contributed by atoms with Gasteiger partial charge in [-0.15, -0.1) is 0 Å². The summed E-state index contributed by atoms with van der Waals surface area (Å²) in [5.74, 6) is 2.61. The highest BCUT2D eigenvalue weighted by atomic mass is 16.5. The van der Waals surface area contributed by atoms with Crippen molar-refractivity contribution in [3.8, 4) is 17.2 Å². The molecule has 0 unspecified atom stereocenters. The Hall–Kier alpha value is -4.20. The van der Waals surface area contributed by atoms with Gasteiger partial charge < -0.3 is 24.7 Å². The van der Waals surface area contributed by atoms with Crippen LogP contribution in [0.2, 0.25) is 0 Å². The second kappa shape index (κ2) is 11.5. The van der Waals surface area contributed by atoms with Gasteiger partial charge in [0.05, 0.1) is 31.8 Å². The minimum Gasteiger partial charge on any atom is -0.497 e. The predicted octanol–water partition coefficient (Wildman–Crippen LogP) is 4.75. The molecule has 1 atom stereocenters. The third-order valence-corrected chi connectivity index (χ3v) is 5.92. The Bertz CT molecular complexity index is 1270. The van der Waals surface area contributed by atoms with Crippen molar-refractivity contribution in [1.29, 1.82) is 0 Å². The van der Waals surface area contributed by atoms with E-state index in [-0.39, 0.29) is 12.5 Å². The van der Waals surface area contributed by atoms with Crippen molar-refractivity contribution < 1.29 is 18.9 Å². The van der Waals surface area contributed by atoms with Crippen LogP contribution in [0.4, 0.5) is 0 Å². The molecule has 0 spiro atoms. The van der Waals surface area contributed by atoms with E-state index in [0.29, 0.717) is 29.7 Å². The molecule has 2 aromatic carbocycles. The smallest absolute Gasteiger partial charge is 0.233 e. The molecule has 0 bridgehead atoms. The van der Waals surface area contributed by atoms with Gasteiger partial charge in [0, 0.05) is 24.7 Å². The summed E-state index contributed by atoms with van der Waals surface area (Å²) in [7, 11) is 5.14. The van der Waals surface area contributed by atoms with Gasteiger partial charge in [0.15, 0.2) is 11.5 Å². The molecule has 0 saturated heterocycles. The number of methoxy groups -OCH3 is 2. The fourth-order valence-corrected chi connectivity index (χ4v) is 3.72. The van der Waals surface area contributed by atoms with Gasteiger partial charge >= 0.3 is 0 Å². The highest BCUT2D eigenvalue weighted by molar-refractivity contribution is 6.08. The minimum absolute atomic E-state index is 0.110. The average molecular weight is 489 g/mol. The SMILES string of the molecule is COc1ccc(COc2ccc(COC3=C(\N)[C@H](C)C/C=C/C(c4cnn(C)c4)=N\3)cc2OC)cc1. The maximum absolute atomic E-state index is 6.44. The van der Waals surface area contributed by atoms with Crippen LogP contribution in [-0.4, -0.2) is 29.7 Å². The Morgan fingerprint density at radius 2 is 1.72 bits per heavy atom. The zero-order chi connectivity index (χ0) is 25.5. The number of ether oxygens (including phenoxy) is 4. The topological polar surface area (TPSA) is 93.1 Å². The molecule has 1 aliphatic rings. The number of benzene rings is 2. The quantitative estimate of drug-likeness (QED) is 0.467. The molecule has 188 valence electrons. The van der Waals surface area contributed by atoms with E-state index in [9.17, 15) is 0 Å². The third kappa shape index (κ3) is 6.07. The summed E-state index contributed by atoms with van der Waals surface area (Å²) in [5.41, 5.74) is 10.6. The van der Waals surface area contributed by atoms with E-state index < -0.39 is 0 Å². The molecule has 2 N–H and O–H groups in total. The molecule has 0 fully saturated rings. The van der Waals surface area contributed by atoms with Crippen molar-refractivity contribution in [2.45, 2.75) is 26.6 Å². The Morgan fingerprint density at radius 3 is 2.42 bits per heavy atom. The lowest BCUT2D eigenvalue weighted by atomic mass is 10.0. The van der Waals surface area contributed by atoms with Gasteiger partial charge in [-0.1, -0.05) is 31.2 Å². The van der Waals surface area contributed by atoms with Crippen molar-refractivity contribution in [3.63, 3.8) is 0 Å². The van der Waals surface area contributed by atoms with Crippen molar-refractivity contribution in [1.82, 2.24) is 9.78 Å². The van der Waals surface area contributed by atoms with Gasteiger partial charge in [0.25, 0.3) is 0 Å². The highest BCUT2D eigenvalue weighted by Crippen LogP contribution is 2.30. The van der Waals surface area contributed by atoms with Gasteiger partial charge in [0.1, 0.15) is 19.0 Å². The fourth-order valence-electron chi connectivity index (χ4n) is 3.72. The van der Waals surface area contributed by atoms with E-state index in [1.807, 2.05) is 61.8 Å². The number of hydrogen-bond donors (Lipinski definition) is 1. The Morgan fingerprint density at radius 1 is 0.972 bits per heavy atom. The molecule has 4 rings (SSSR count). The van der Waals surface area contributed by atoms with Crippen LogP contribution in [0.1, 0.15) is 30.0 Å². The molecule has 2 heterocycles. The van der Waals surface area contributed by atoms with Crippen molar-refractivity contribution in [3.05, 3.63) is 95.3 Å². The van der Waals surface area contributed by atoms with E-state index in [2.05, 4.69) is 18.1 Å². The molecule has 0 aliphatic carbocycles. The zero-order valence-electron chi connectivity index (χ0n) is 21.1. The molecular formula is C28H32N4O4. The lowest BCUT2D eigenvalue weighted by Crippen LogP contribution is -2.15. The van der Waals surface area contributed by atoms with E-state index in [0.717, 1.165) is 34.6 Å². The molecule has 0 radical (unpaired) electrons. The van der Waals surface area contributed by atoms with E-state index in [1.54, 1.807) is 25.1 Å². The maximum Gasteiger partial charge on any atom is 0.233 e. The van der Waals surface area contributed by atoms with Crippen LogP contribution in [0.25, 0.3) is 0 Å². The van der Waals surface area contributed by atoms with Crippen LogP contribution in [0.3, 0.4) is 0 Å². The number of aromatic nitrogens is 2. The molecule has 36 heavy (non-hydrogen) atoms. The van der Waals surface area contributed by atoms with Crippen LogP contribution in [-0.2, 0) is 25.0 Å². The summed E-state index contributed by atoms with van der Waals surface area (Å²) < 4.78 is 24.6. The van der Waals surface area contributed by atoms with Crippen molar-refractivity contribution in [2.24, 2.45) is 23.7 Å². The van der Waals surface area contributed by atoms with Crippen LogP contribution in [0.5, 0.6) is 17.2 Å². The first-order valence-electron chi connectivity index (χ1n) is 11.8. The molecular weight excluding hydrogens is 456 g/mol. The number of allylic oxidation sites excluding steroid dienone is 3. The summed E-state index contributed by atoms with van der Waals surface area (Å²) in [6.45, 7) is 2.76. The number of nitrogens with zero attached hydrogens (tertiary/aromatic N) is 3. The first kappa shape index (κ1) is 24.9. The Kier molecular flexibility index (Phi) is 7.95. The van der Waals surface area contributed by atoms with Gasteiger partial charge in [0.2, 0.25) is 5.88 Å². The maximum atomic E-state index is 6.44. The van der Waals surface area contributed by atoms with Crippen molar-refractivity contribution >= 4 is 5.71 Å². The van der Waals surface area contributed by atoms with Crippen LogP contribution >= 0.6 is 0 Å². The zero-order valence-corrected chi connectivity index (χ0v) is 21.1. The van der Waals surface area contributed by atoms with Crippen molar-refractivity contribution in [2.75, 3.05) is 14.2 Å². The number of aryl methyl sites for hydroxylation is 1. The standard InChI is InChI=1S/C28H32N4O4/c1-19-6-5-7-24(22-15-30-32(2)16-22)31-28(27(19)29)36-18-21-10-13-25(26(14-21)34-4)35-17-20-8-11-23(33-3)12-9-20/h5,7-16,19H,6,17-18,29H2,1-4H3/b7-5+,28-27-,31-24+/t19-/m1/s1. The van der Waals surface area contributed by atoms with E-state index in [4.69, 9.17) is 29.7 Å². The van der Waals surface area contributed by atoms with E-state index >= 15 is 0 Å². The normalized spacial score (nSPS) is 20.0. The lowest BCUT2D eigenvalue weighted by Gasteiger charge is -2.18. The van der Waals surface area contributed by atoms with Gasteiger partial charge in [-0.3, -0.25) is 4.68 Å². The third-order valence-electron chi connectivity index (χ3n) is 5.92. The first-order chi connectivity index (χ1) is 17.5. The van der Waals surface area contributed by atoms with Gasteiger partial charge in [-0.25, -0.2) is 4.99 Å². The van der Waals surface area contributed by atoms with Crippen LogP contribution in [0.15, 0.2) is 83.6 Å². The molecule has 0 amide bonds. The highest BCUT2D eigenvalue weighted by Gasteiger charge is 2.17. The Labute approximate surface area is 211 Å². The minimum atomic E-state index is 0.110. The fraction of sp³-hybridized carbons (Fsp3) is 0.286. The molecule has 8 nitrogen and oxygen atoms in total. The summed E-state index contributed by atoms with van der Waals surface area (Å²) in [5, 5.41) is 4.25. The van der Waals surface area contributed by atoms with Gasteiger partial charge in [-0.05, 0) is 47.9 Å². The number of hydrogen-bond acceptors (Lipinski definition) is 7. The summed E-state index contributed by atoms with van der Waals surface area (Å²) in [4.78, 5) is 4.75. The summed E-state index contributed by atoms with van der Waals surface area (Å²) in [6.07, 6.45) is 8.55. The number of rotatable bonds is 9. The lowest BCUT2D eigenvalue weighted by molar-refractivity contribution is 0.189. The number of aliphatic imine (C=N–C) groups is 1. The molecule has 1 aromatic heterocycles. The molecule has 1 aliphatic heterocycles. The largest absolute Gasteiger partial charge is 0.497 e. The summed E-state index contributed by atoms with van der Waals surface area (Å²) in [6, 6.07) is 13.5. The van der Waals surface area contributed by atoms with Gasteiger partial charge in [-0.2, -0.15) is 5.10 Å². The monoisotopic (exact) mass is 488 g/mol.